The highest BCUT2D eigenvalue weighted by Gasteiger charge is 2.29. The Kier molecular flexibility index (Phi) is 2.53. The first kappa shape index (κ1) is 8.28. The first-order valence-corrected chi connectivity index (χ1v) is 5.30. The summed E-state index contributed by atoms with van der Waals surface area (Å²) in [5.74, 6) is 0. The van der Waals surface area contributed by atoms with Crippen LogP contribution in [0.3, 0.4) is 0 Å². The molecule has 0 aromatic rings. The van der Waals surface area contributed by atoms with E-state index in [0.717, 1.165) is 0 Å². The van der Waals surface area contributed by atoms with Crippen LogP contribution in [-0.2, 0) is 4.74 Å². The molecule has 2 heteroatoms. The summed E-state index contributed by atoms with van der Waals surface area (Å²) in [5, 5.41) is 0.355. The molecular formula is C8H18OSi. The van der Waals surface area contributed by atoms with Crippen molar-refractivity contribution in [3.63, 3.8) is 0 Å². The maximum Gasteiger partial charge on any atom is 0.0521 e. The summed E-state index contributed by atoms with van der Waals surface area (Å²) < 4.78 is 5.86. The lowest BCUT2D eigenvalue weighted by Crippen LogP contribution is -2.32. The van der Waals surface area contributed by atoms with Gasteiger partial charge in [0.1, 0.15) is 0 Å². The molecule has 0 bridgehead atoms. The fourth-order valence-corrected chi connectivity index (χ4v) is 2.99. The molecule has 0 heterocycles. The quantitative estimate of drug-likeness (QED) is 0.546. The van der Waals surface area contributed by atoms with E-state index < -0.39 is 0 Å². The smallest absolute Gasteiger partial charge is 0.0521 e. The zero-order valence-electron chi connectivity index (χ0n) is 7.31. The van der Waals surface area contributed by atoms with E-state index in [9.17, 15) is 0 Å². The third kappa shape index (κ3) is 2.10. The van der Waals surface area contributed by atoms with Gasteiger partial charge in [-0.1, -0.05) is 12.8 Å². The van der Waals surface area contributed by atoms with Crippen molar-refractivity contribution in [3.05, 3.63) is 0 Å². The van der Waals surface area contributed by atoms with Gasteiger partial charge >= 0.3 is 0 Å². The summed E-state index contributed by atoms with van der Waals surface area (Å²) in [6, 6.07) is 0. The van der Waals surface area contributed by atoms with Gasteiger partial charge in [-0.25, -0.2) is 0 Å². The lowest BCUT2D eigenvalue weighted by atomic mass is 10.3. The van der Waals surface area contributed by atoms with Crippen molar-refractivity contribution in [2.75, 3.05) is 0 Å². The SMILES string of the molecule is CC(C)OC1([SiH3])CCCC1. The second-order valence-corrected chi connectivity index (χ2v) is 5.65. The minimum absolute atomic E-state index is 0.355. The van der Waals surface area contributed by atoms with Gasteiger partial charge in [0.2, 0.25) is 0 Å². The van der Waals surface area contributed by atoms with Crippen molar-refractivity contribution < 1.29 is 4.74 Å². The van der Waals surface area contributed by atoms with E-state index in [-0.39, 0.29) is 0 Å². The van der Waals surface area contributed by atoms with Gasteiger partial charge in [0.25, 0.3) is 0 Å². The van der Waals surface area contributed by atoms with Crippen LogP contribution >= 0.6 is 0 Å². The van der Waals surface area contributed by atoms with E-state index in [4.69, 9.17) is 4.74 Å². The molecule has 10 heavy (non-hydrogen) atoms. The molecule has 1 nitrogen and oxygen atoms in total. The van der Waals surface area contributed by atoms with Crippen LogP contribution in [0.5, 0.6) is 0 Å². The molecule has 0 radical (unpaired) electrons. The van der Waals surface area contributed by atoms with E-state index in [0.29, 0.717) is 11.3 Å². The summed E-state index contributed by atoms with van der Waals surface area (Å²) >= 11 is 0. The van der Waals surface area contributed by atoms with Crippen molar-refractivity contribution in [1.29, 1.82) is 0 Å². The van der Waals surface area contributed by atoms with Gasteiger partial charge in [0.05, 0.1) is 6.10 Å². The maximum absolute atomic E-state index is 5.86. The van der Waals surface area contributed by atoms with E-state index in [1.54, 1.807) is 0 Å². The zero-order valence-corrected chi connectivity index (χ0v) is 9.31. The monoisotopic (exact) mass is 158 g/mol. The Morgan fingerprint density at radius 1 is 1.30 bits per heavy atom. The molecule has 0 aromatic heterocycles. The van der Waals surface area contributed by atoms with E-state index in [1.165, 1.54) is 35.9 Å². The van der Waals surface area contributed by atoms with Crippen LogP contribution in [0.2, 0.25) is 0 Å². The Hall–Kier alpha value is 0.177. The maximum atomic E-state index is 5.86. The summed E-state index contributed by atoms with van der Waals surface area (Å²) in [7, 11) is 1.21. The van der Waals surface area contributed by atoms with Crippen molar-refractivity contribution in [2.24, 2.45) is 0 Å². The van der Waals surface area contributed by atoms with E-state index >= 15 is 0 Å². The summed E-state index contributed by atoms with van der Waals surface area (Å²) in [6.45, 7) is 4.27. The third-order valence-electron chi connectivity index (χ3n) is 2.18. The Morgan fingerprint density at radius 2 is 1.80 bits per heavy atom. The van der Waals surface area contributed by atoms with Crippen molar-refractivity contribution in [2.45, 2.75) is 50.9 Å². The molecule has 0 spiro atoms. The highest BCUT2D eigenvalue weighted by molar-refractivity contribution is 6.14. The average molecular weight is 158 g/mol. The average Bonchev–Trinajstić information content (AvgIpc) is 2.12. The molecule has 1 aliphatic carbocycles. The molecule has 0 atom stereocenters. The number of ether oxygens (including phenoxy) is 1. The second-order valence-electron chi connectivity index (χ2n) is 3.82. The summed E-state index contributed by atoms with van der Waals surface area (Å²) in [5.41, 5.74) is 0. The predicted molar refractivity (Wildman–Crippen MR) is 47.4 cm³/mol. The lowest BCUT2D eigenvalue weighted by molar-refractivity contribution is -0.0184. The van der Waals surface area contributed by atoms with Gasteiger partial charge < -0.3 is 4.74 Å². The Bertz CT molecular complexity index is 106. The molecule has 0 unspecified atom stereocenters. The normalized spacial score (nSPS) is 24.3. The minimum atomic E-state index is 0.355. The van der Waals surface area contributed by atoms with Gasteiger partial charge in [-0.15, -0.1) is 0 Å². The third-order valence-corrected chi connectivity index (χ3v) is 3.42. The number of rotatable bonds is 2. The van der Waals surface area contributed by atoms with Crippen molar-refractivity contribution >= 4 is 10.2 Å². The van der Waals surface area contributed by atoms with Crippen LogP contribution in [0.25, 0.3) is 0 Å². The first-order chi connectivity index (χ1) is 4.62. The molecule has 0 aliphatic heterocycles. The van der Waals surface area contributed by atoms with Gasteiger partial charge in [0, 0.05) is 15.5 Å². The Balaban J connectivity index is 2.36. The molecule has 0 N–H and O–H groups in total. The molecular weight excluding hydrogens is 140 g/mol. The van der Waals surface area contributed by atoms with Crippen molar-refractivity contribution in [3.8, 4) is 0 Å². The van der Waals surface area contributed by atoms with Crippen LogP contribution in [0, 0.1) is 0 Å². The molecule has 1 rings (SSSR count). The fraction of sp³-hybridized carbons (Fsp3) is 1.00. The topological polar surface area (TPSA) is 9.23 Å². The molecule has 0 saturated heterocycles. The standard InChI is InChI=1S/C8H18OSi/c1-7(2)9-8(10)5-3-4-6-8/h7H,3-6H2,1-2,10H3. The van der Waals surface area contributed by atoms with Gasteiger partial charge in [-0.2, -0.15) is 0 Å². The van der Waals surface area contributed by atoms with Gasteiger partial charge in [0.15, 0.2) is 0 Å². The molecule has 1 fully saturated rings. The minimum Gasteiger partial charge on any atom is -0.377 e. The van der Waals surface area contributed by atoms with Gasteiger partial charge in [-0.3, -0.25) is 0 Å². The summed E-state index contributed by atoms with van der Waals surface area (Å²) in [4.78, 5) is 0. The van der Waals surface area contributed by atoms with E-state index in [1.807, 2.05) is 0 Å². The largest absolute Gasteiger partial charge is 0.377 e. The van der Waals surface area contributed by atoms with E-state index in [2.05, 4.69) is 13.8 Å². The van der Waals surface area contributed by atoms with Crippen LogP contribution in [0.15, 0.2) is 0 Å². The number of hydrogen-bond acceptors (Lipinski definition) is 1. The molecule has 0 aromatic carbocycles. The predicted octanol–water partition coefficient (Wildman–Crippen LogP) is 1.05. The van der Waals surface area contributed by atoms with Crippen LogP contribution in [-0.4, -0.2) is 21.6 Å². The highest BCUT2D eigenvalue weighted by atomic mass is 28.1. The number of hydrogen-bond donors (Lipinski definition) is 0. The Morgan fingerprint density at radius 3 is 2.20 bits per heavy atom. The fourth-order valence-electron chi connectivity index (χ4n) is 1.81. The Labute approximate surface area is 66.6 Å². The molecule has 1 aliphatic rings. The van der Waals surface area contributed by atoms with Crippen LogP contribution in [0.4, 0.5) is 0 Å². The van der Waals surface area contributed by atoms with Crippen LogP contribution in [0.1, 0.15) is 39.5 Å². The molecule has 1 saturated carbocycles. The first-order valence-electron chi connectivity index (χ1n) is 4.30. The molecule has 0 amide bonds. The highest BCUT2D eigenvalue weighted by Crippen LogP contribution is 2.30. The second kappa shape index (κ2) is 3.05. The summed E-state index contributed by atoms with van der Waals surface area (Å²) in [6.07, 6.45) is 5.83. The van der Waals surface area contributed by atoms with Crippen molar-refractivity contribution in [1.82, 2.24) is 0 Å². The van der Waals surface area contributed by atoms with Gasteiger partial charge in [-0.05, 0) is 26.7 Å². The lowest BCUT2D eigenvalue weighted by Gasteiger charge is -2.26. The molecule has 60 valence electrons. The zero-order chi connectivity index (χ0) is 7.61. The van der Waals surface area contributed by atoms with Crippen LogP contribution < -0.4 is 0 Å².